The molecule has 0 aromatic heterocycles. The molecule has 0 saturated carbocycles. The summed E-state index contributed by atoms with van der Waals surface area (Å²) in [7, 11) is -1.63. The van der Waals surface area contributed by atoms with Crippen molar-refractivity contribution in [2.24, 2.45) is 4.99 Å². The minimum absolute atomic E-state index is 0.174. The summed E-state index contributed by atoms with van der Waals surface area (Å²) in [4.78, 5) is 15.8. The van der Waals surface area contributed by atoms with E-state index in [1.165, 1.54) is 24.3 Å². The number of nitrogens with zero attached hydrogens (tertiary/aromatic N) is 1. The van der Waals surface area contributed by atoms with Gasteiger partial charge in [0.25, 0.3) is 0 Å². The Morgan fingerprint density at radius 1 is 0.906 bits per heavy atom. The fourth-order valence-corrected chi connectivity index (χ4v) is 3.72. The average molecular weight is 469 g/mol. The standard InChI is InChI=1S/C24H21ClN2O4S/c1-26-22(16-7-9-19(25)10-8-16)15-23(17-3-5-18(6-4-17)24(28)29)27-20-11-13-21(14-12-20)32(2,30)31/h3-15,27H,1-2H3,(H,28,29). The zero-order chi connectivity index (χ0) is 23.3. The largest absolute Gasteiger partial charge is 0.478 e. The Labute approximate surface area is 191 Å². The quantitative estimate of drug-likeness (QED) is 0.475. The van der Waals surface area contributed by atoms with Crippen molar-refractivity contribution >= 4 is 44.5 Å². The molecule has 0 unspecified atom stereocenters. The summed E-state index contributed by atoms with van der Waals surface area (Å²) in [5.41, 5.74) is 3.76. The third-order valence-corrected chi connectivity index (χ3v) is 6.05. The number of halogens is 1. The van der Waals surface area contributed by atoms with Gasteiger partial charge in [0.2, 0.25) is 0 Å². The zero-order valence-corrected chi connectivity index (χ0v) is 19.0. The number of aliphatic imine (C=N–C) groups is 1. The van der Waals surface area contributed by atoms with E-state index >= 15 is 0 Å². The van der Waals surface area contributed by atoms with E-state index in [-0.39, 0.29) is 10.5 Å². The summed E-state index contributed by atoms with van der Waals surface area (Å²) in [6.45, 7) is 0. The van der Waals surface area contributed by atoms with Gasteiger partial charge < -0.3 is 10.4 Å². The van der Waals surface area contributed by atoms with Gasteiger partial charge in [0.05, 0.1) is 16.2 Å². The number of carboxylic acid groups (broad SMARTS) is 1. The number of hydrogen-bond donors (Lipinski definition) is 2. The third-order valence-electron chi connectivity index (χ3n) is 4.67. The Bertz CT molecular complexity index is 1280. The Balaban J connectivity index is 2.03. The number of carbonyl (C=O) groups is 1. The number of nitrogens with one attached hydrogen (secondary N) is 1. The number of rotatable bonds is 7. The molecule has 0 amide bonds. The SMILES string of the molecule is CN=C(C=C(Nc1ccc(S(C)(=O)=O)cc1)c1ccc(C(=O)O)cc1)c1ccc(Cl)cc1. The summed E-state index contributed by atoms with van der Waals surface area (Å²) >= 11 is 6.00. The Kier molecular flexibility index (Phi) is 7.12. The van der Waals surface area contributed by atoms with E-state index in [1.807, 2.05) is 18.2 Å². The van der Waals surface area contributed by atoms with Gasteiger partial charge >= 0.3 is 5.97 Å². The highest BCUT2D eigenvalue weighted by molar-refractivity contribution is 7.90. The van der Waals surface area contributed by atoms with Crippen LogP contribution in [0.3, 0.4) is 0 Å². The maximum absolute atomic E-state index is 11.7. The van der Waals surface area contributed by atoms with Gasteiger partial charge in [-0.05, 0) is 65.7 Å². The molecular formula is C24H21ClN2O4S. The second-order valence-corrected chi connectivity index (χ2v) is 9.43. The van der Waals surface area contributed by atoms with Crippen LogP contribution in [0.1, 0.15) is 21.5 Å². The number of benzene rings is 3. The lowest BCUT2D eigenvalue weighted by Crippen LogP contribution is -2.06. The lowest BCUT2D eigenvalue weighted by Gasteiger charge is -2.14. The van der Waals surface area contributed by atoms with Crippen molar-refractivity contribution in [3.63, 3.8) is 0 Å². The number of aromatic carboxylic acids is 1. The van der Waals surface area contributed by atoms with E-state index in [0.29, 0.717) is 22.1 Å². The molecule has 0 fully saturated rings. The van der Waals surface area contributed by atoms with Crippen molar-refractivity contribution in [1.82, 2.24) is 0 Å². The van der Waals surface area contributed by atoms with Crippen LogP contribution in [-0.2, 0) is 9.84 Å². The molecule has 32 heavy (non-hydrogen) atoms. The van der Waals surface area contributed by atoms with Crippen molar-refractivity contribution in [2.75, 3.05) is 18.6 Å². The van der Waals surface area contributed by atoms with E-state index in [4.69, 9.17) is 11.6 Å². The van der Waals surface area contributed by atoms with Crippen molar-refractivity contribution in [3.8, 4) is 0 Å². The summed E-state index contributed by atoms with van der Waals surface area (Å²) in [5, 5.41) is 13.1. The van der Waals surface area contributed by atoms with Gasteiger partial charge in [0, 0.05) is 29.7 Å². The van der Waals surface area contributed by atoms with Crippen LogP contribution >= 0.6 is 11.6 Å². The molecule has 0 bridgehead atoms. The molecule has 0 heterocycles. The van der Waals surface area contributed by atoms with Gasteiger partial charge in [-0.15, -0.1) is 0 Å². The molecular weight excluding hydrogens is 448 g/mol. The first-order chi connectivity index (χ1) is 15.2. The average Bonchev–Trinajstić information content (AvgIpc) is 2.77. The molecule has 6 nitrogen and oxygen atoms in total. The van der Waals surface area contributed by atoms with Crippen LogP contribution in [0, 0.1) is 0 Å². The molecule has 2 N–H and O–H groups in total. The molecule has 0 aliphatic carbocycles. The van der Waals surface area contributed by atoms with Gasteiger partial charge in [-0.25, -0.2) is 13.2 Å². The van der Waals surface area contributed by atoms with Crippen LogP contribution in [0.5, 0.6) is 0 Å². The number of hydrogen-bond acceptors (Lipinski definition) is 5. The number of sulfone groups is 1. The van der Waals surface area contributed by atoms with Crippen molar-refractivity contribution < 1.29 is 18.3 Å². The highest BCUT2D eigenvalue weighted by atomic mass is 35.5. The van der Waals surface area contributed by atoms with E-state index in [0.717, 1.165) is 17.4 Å². The lowest BCUT2D eigenvalue weighted by molar-refractivity contribution is 0.0697. The molecule has 8 heteroatoms. The Morgan fingerprint density at radius 2 is 1.44 bits per heavy atom. The third kappa shape index (κ3) is 5.84. The Morgan fingerprint density at radius 3 is 1.94 bits per heavy atom. The van der Waals surface area contributed by atoms with Crippen LogP contribution in [0.25, 0.3) is 5.70 Å². The summed E-state index contributed by atoms with van der Waals surface area (Å²) < 4.78 is 23.5. The maximum Gasteiger partial charge on any atom is 0.335 e. The topological polar surface area (TPSA) is 95.8 Å². The fraction of sp³-hybridized carbons (Fsp3) is 0.0833. The molecule has 3 aromatic rings. The maximum atomic E-state index is 11.7. The summed E-state index contributed by atoms with van der Waals surface area (Å²) in [6.07, 6.45) is 2.99. The van der Waals surface area contributed by atoms with Gasteiger partial charge in [-0.2, -0.15) is 0 Å². The lowest BCUT2D eigenvalue weighted by atomic mass is 10.0. The zero-order valence-electron chi connectivity index (χ0n) is 17.4. The monoisotopic (exact) mass is 468 g/mol. The number of anilines is 1. The summed E-state index contributed by atoms with van der Waals surface area (Å²) in [5.74, 6) is -1.01. The first-order valence-corrected chi connectivity index (χ1v) is 11.8. The smallest absolute Gasteiger partial charge is 0.335 e. The highest BCUT2D eigenvalue weighted by Crippen LogP contribution is 2.22. The van der Waals surface area contributed by atoms with E-state index in [9.17, 15) is 18.3 Å². The van der Waals surface area contributed by atoms with E-state index in [1.54, 1.807) is 43.4 Å². The van der Waals surface area contributed by atoms with Crippen molar-refractivity contribution in [3.05, 3.63) is 101 Å². The molecule has 0 atom stereocenters. The molecule has 0 saturated heterocycles. The van der Waals surface area contributed by atoms with E-state index < -0.39 is 15.8 Å². The highest BCUT2D eigenvalue weighted by Gasteiger charge is 2.10. The summed E-state index contributed by atoms with van der Waals surface area (Å²) in [6, 6.07) is 20.1. The molecule has 0 spiro atoms. The molecule has 3 rings (SSSR count). The molecule has 3 aromatic carbocycles. The number of allylic oxidation sites excluding steroid dienone is 1. The van der Waals surface area contributed by atoms with Gasteiger partial charge in [-0.3, -0.25) is 4.99 Å². The minimum Gasteiger partial charge on any atom is -0.478 e. The van der Waals surface area contributed by atoms with Gasteiger partial charge in [0.15, 0.2) is 9.84 Å². The number of carboxylic acids is 1. The van der Waals surface area contributed by atoms with Gasteiger partial charge in [0.1, 0.15) is 0 Å². The second-order valence-electron chi connectivity index (χ2n) is 6.98. The van der Waals surface area contributed by atoms with Crippen LogP contribution < -0.4 is 5.32 Å². The predicted molar refractivity (Wildman–Crippen MR) is 128 cm³/mol. The Hall–Kier alpha value is -3.42. The molecule has 0 aliphatic heterocycles. The van der Waals surface area contributed by atoms with E-state index in [2.05, 4.69) is 10.3 Å². The van der Waals surface area contributed by atoms with Crippen LogP contribution in [0.15, 0.2) is 88.8 Å². The second kappa shape index (κ2) is 9.80. The van der Waals surface area contributed by atoms with Gasteiger partial charge in [-0.1, -0.05) is 35.9 Å². The predicted octanol–water partition coefficient (Wildman–Crippen LogP) is 5.01. The van der Waals surface area contributed by atoms with Crippen molar-refractivity contribution in [1.29, 1.82) is 0 Å². The minimum atomic E-state index is -3.30. The first-order valence-electron chi connectivity index (χ1n) is 9.52. The molecule has 0 aliphatic rings. The molecule has 164 valence electrons. The normalized spacial score (nSPS) is 12.5. The van der Waals surface area contributed by atoms with Crippen LogP contribution in [-0.4, -0.2) is 38.5 Å². The van der Waals surface area contributed by atoms with Crippen molar-refractivity contribution in [2.45, 2.75) is 4.90 Å². The first kappa shape index (κ1) is 23.2. The van der Waals surface area contributed by atoms with Crippen LogP contribution in [0.2, 0.25) is 5.02 Å². The fourth-order valence-electron chi connectivity index (χ4n) is 2.96. The molecule has 0 radical (unpaired) electrons. The van der Waals surface area contributed by atoms with Crippen LogP contribution in [0.4, 0.5) is 5.69 Å².